The number of aromatic nitrogens is 2. The molecule has 3 aromatic rings. The summed E-state index contributed by atoms with van der Waals surface area (Å²) in [4.78, 5) is 32.6. The van der Waals surface area contributed by atoms with Gasteiger partial charge in [0.15, 0.2) is 11.5 Å². The van der Waals surface area contributed by atoms with Crippen molar-refractivity contribution >= 4 is 27.5 Å². The van der Waals surface area contributed by atoms with Gasteiger partial charge in [0, 0.05) is 11.4 Å². The SMILES string of the molecule is COc1ccc(CCNC(=O)C(C)n2cnc3sc4c(c3c2=O)CCC(C)C4)cc1OC. The van der Waals surface area contributed by atoms with Crippen molar-refractivity contribution in [3.05, 3.63) is 50.9 Å². The molecule has 0 radical (unpaired) electrons. The Balaban J connectivity index is 1.46. The van der Waals surface area contributed by atoms with E-state index in [4.69, 9.17) is 9.47 Å². The summed E-state index contributed by atoms with van der Waals surface area (Å²) in [6.07, 6.45) is 5.14. The Bertz CT molecular complexity index is 1200. The summed E-state index contributed by atoms with van der Waals surface area (Å²) in [5.41, 5.74) is 2.04. The molecular formula is C24H29N3O4S. The summed E-state index contributed by atoms with van der Waals surface area (Å²) in [6, 6.07) is 5.06. The minimum absolute atomic E-state index is 0.121. The van der Waals surface area contributed by atoms with Crippen LogP contribution in [-0.4, -0.2) is 36.2 Å². The molecule has 2 unspecified atom stereocenters. The minimum atomic E-state index is -0.636. The van der Waals surface area contributed by atoms with E-state index in [0.717, 1.165) is 35.2 Å². The number of amides is 1. The first-order chi connectivity index (χ1) is 15.4. The average molecular weight is 456 g/mol. The maximum atomic E-state index is 13.2. The monoisotopic (exact) mass is 455 g/mol. The molecule has 32 heavy (non-hydrogen) atoms. The molecule has 0 spiro atoms. The van der Waals surface area contributed by atoms with Crippen molar-refractivity contribution in [2.75, 3.05) is 20.8 Å². The molecule has 2 atom stereocenters. The highest BCUT2D eigenvalue weighted by molar-refractivity contribution is 7.18. The molecule has 170 valence electrons. The number of carbonyl (C=O) groups is 1. The van der Waals surface area contributed by atoms with Crippen LogP contribution in [0.3, 0.4) is 0 Å². The van der Waals surface area contributed by atoms with Crippen LogP contribution in [0.5, 0.6) is 11.5 Å². The van der Waals surface area contributed by atoms with Crippen molar-refractivity contribution in [1.82, 2.24) is 14.9 Å². The van der Waals surface area contributed by atoms with Crippen molar-refractivity contribution in [3.63, 3.8) is 0 Å². The Morgan fingerprint density at radius 2 is 2.09 bits per heavy atom. The van der Waals surface area contributed by atoms with Gasteiger partial charge in [-0.1, -0.05) is 13.0 Å². The molecule has 0 aliphatic heterocycles. The second-order valence-electron chi connectivity index (χ2n) is 8.40. The number of thiophene rings is 1. The molecule has 8 heteroatoms. The number of hydrogen-bond acceptors (Lipinski definition) is 6. The van der Waals surface area contributed by atoms with Crippen LogP contribution in [0, 0.1) is 5.92 Å². The molecule has 4 rings (SSSR count). The standard InChI is InChI=1S/C24H29N3O4S/c1-14-5-7-17-20(11-14)32-23-21(17)24(29)27(13-26-23)15(2)22(28)25-10-9-16-6-8-18(30-3)19(12-16)31-4/h6,8,12-15H,5,7,9-11H2,1-4H3,(H,25,28). The first-order valence-electron chi connectivity index (χ1n) is 10.9. The van der Waals surface area contributed by atoms with Crippen molar-refractivity contribution in [1.29, 1.82) is 0 Å². The molecule has 0 saturated carbocycles. The fourth-order valence-electron chi connectivity index (χ4n) is 4.26. The van der Waals surface area contributed by atoms with Crippen LogP contribution in [-0.2, 0) is 24.1 Å². The molecular weight excluding hydrogens is 426 g/mol. The van der Waals surface area contributed by atoms with Crippen LogP contribution in [0.2, 0.25) is 0 Å². The average Bonchev–Trinajstić information content (AvgIpc) is 3.16. The first-order valence-corrected chi connectivity index (χ1v) is 11.7. The fourth-order valence-corrected chi connectivity index (χ4v) is 5.60. The molecule has 2 heterocycles. The number of rotatable bonds is 7. The molecule has 1 aliphatic carbocycles. The smallest absolute Gasteiger partial charge is 0.263 e. The van der Waals surface area contributed by atoms with Gasteiger partial charge < -0.3 is 14.8 Å². The molecule has 1 aromatic carbocycles. The van der Waals surface area contributed by atoms with Gasteiger partial charge in [0.05, 0.1) is 25.9 Å². The van der Waals surface area contributed by atoms with Gasteiger partial charge in [0.25, 0.3) is 5.56 Å². The normalized spacial score (nSPS) is 16.4. The van der Waals surface area contributed by atoms with Crippen LogP contribution in [0.25, 0.3) is 10.2 Å². The number of fused-ring (bicyclic) bond motifs is 3. The third-order valence-corrected chi connectivity index (χ3v) is 7.36. The highest BCUT2D eigenvalue weighted by Gasteiger charge is 2.25. The van der Waals surface area contributed by atoms with E-state index in [1.807, 2.05) is 18.2 Å². The van der Waals surface area contributed by atoms with Gasteiger partial charge in [-0.2, -0.15) is 0 Å². The fraction of sp³-hybridized carbons (Fsp3) is 0.458. The Hall–Kier alpha value is -2.87. The Morgan fingerprint density at radius 3 is 2.84 bits per heavy atom. The van der Waals surface area contributed by atoms with Gasteiger partial charge in [-0.05, 0) is 61.8 Å². The maximum Gasteiger partial charge on any atom is 0.263 e. The van der Waals surface area contributed by atoms with E-state index in [0.29, 0.717) is 35.8 Å². The van der Waals surface area contributed by atoms with Gasteiger partial charge in [-0.15, -0.1) is 11.3 Å². The zero-order valence-electron chi connectivity index (χ0n) is 18.9. The van der Waals surface area contributed by atoms with E-state index in [1.54, 1.807) is 32.5 Å². The zero-order valence-corrected chi connectivity index (χ0v) is 19.8. The summed E-state index contributed by atoms with van der Waals surface area (Å²) in [6.45, 7) is 4.43. The van der Waals surface area contributed by atoms with Gasteiger partial charge >= 0.3 is 0 Å². The number of methoxy groups -OCH3 is 2. The van der Waals surface area contributed by atoms with Crippen molar-refractivity contribution < 1.29 is 14.3 Å². The summed E-state index contributed by atoms with van der Waals surface area (Å²) < 4.78 is 12.0. The van der Waals surface area contributed by atoms with E-state index < -0.39 is 6.04 Å². The maximum absolute atomic E-state index is 13.2. The van der Waals surface area contributed by atoms with Crippen molar-refractivity contribution in [2.24, 2.45) is 5.92 Å². The van der Waals surface area contributed by atoms with E-state index >= 15 is 0 Å². The number of nitrogens with one attached hydrogen (secondary N) is 1. The van der Waals surface area contributed by atoms with Crippen LogP contribution in [0.4, 0.5) is 0 Å². The molecule has 1 N–H and O–H groups in total. The number of benzene rings is 1. The molecule has 0 saturated heterocycles. The third-order valence-electron chi connectivity index (χ3n) is 6.20. The van der Waals surface area contributed by atoms with Crippen molar-refractivity contribution in [2.45, 2.75) is 45.6 Å². The highest BCUT2D eigenvalue weighted by atomic mass is 32.1. The van der Waals surface area contributed by atoms with Crippen molar-refractivity contribution in [3.8, 4) is 11.5 Å². The second kappa shape index (κ2) is 9.32. The third kappa shape index (κ3) is 4.24. The number of nitrogens with zero attached hydrogens (tertiary/aromatic N) is 2. The lowest BCUT2D eigenvalue weighted by atomic mass is 9.89. The molecule has 1 amide bonds. The van der Waals surface area contributed by atoms with E-state index in [-0.39, 0.29) is 11.5 Å². The Kier molecular flexibility index (Phi) is 6.50. The number of aryl methyl sites for hydroxylation is 1. The van der Waals surface area contributed by atoms with E-state index in [2.05, 4.69) is 17.2 Å². The Labute approximate surface area is 191 Å². The summed E-state index contributed by atoms with van der Waals surface area (Å²) in [5, 5.41) is 3.64. The highest BCUT2D eigenvalue weighted by Crippen LogP contribution is 2.35. The lowest BCUT2D eigenvalue weighted by molar-refractivity contribution is -0.123. The largest absolute Gasteiger partial charge is 0.493 e. The number of ether oxygens (including phenoxy) is 2. The van der Waals surface area contributed by atoms with Crippen LogP contribution in [0.15, 0.2) is 29.3 Å². The van der Waals surface area contributed by atoms with Gasteiger partial charge in [0.2, 0.25) is 5.91 Å². The lowest BCUT2D eigenvalue weighted by Gasteiger charge is -2.18. The number of carbonyl (C=O) groups excluding carboxylic acids is 1. The first kappa shape index (κ1) is 22.3. The van der Waals surface area contributed by atoms with Gasteiger partial charge in [-0.3, -0.25) is 14.2 Å². The minimum Gasteiger partial charge on any atom is -0.493 e. The van der Waals surface area contributed by atoms with E-state index in [9.17, 15) is 9.59 Å². The topological polar surface area (TPSA) is 82.5 Å². The predicted molar refractivity (Wildman–Crippen MR) is 126 cm³/mol. The summed E-state index contributed by atoms with van der Waals surface area (Å²) in [7, 11) is 3.19. The van der Waals surface area contributed by atoms with E-state index in [1.165, 1.54) is 15.8 Å². The zero-order chi connectivity index (χ0) is 22.8. The molecule has 0 bridgehead atoms. The van der Waals surface area contributed by atoms with Crippen LogP contribution in [0.1, 0.15) is 42.3 Å². The quantitative estimate of drug-likeness (QED) is 0.589. The van der Waals surface area contributed by atoms with Gasteiger partial charge in [-0.25, -0.2) is 4.98 Å². The predicted octanol–water partition coefficient (Wildman–Crippen LogP) is 3.52. The summed E-state index contributed by atoms with van der Waals surface area (Å²) >= 11 is 1.62. The molecule has 0 fully saturated rings. The number of hydrogen-bond donors (Lipinski definition) is 1. The second-order valence-corrected chi connectivity index (χ2v) is 9.48. The lowest BCUT2D eigenvalue weighted by Crippen LogP contribution is -2.36. The van der Waals surface area contributed by atoms with Crippen LogP contribution < -0.4 is 20.3 Å². The molecule has 2 aromatic heterocycles. The van der Waals surface area contributed by atoms with Crippen LogP contribution >= 0.6 is 11.3 Å². The Morgan fingerprint density at radius 1 is 1.31 bits per heavy atom. The molecule has 7 nitrogen and oxygen atoms in total. The molecule has 1 aliphatic rings. The summed E-state index contributed by atoms with van der Waals surface area (Å²) in [5.74, 6) is 1.75. The van der Waals surface area contributed by atoms with Gasteiger partial charge in [0.1, 0.15) is 10.9 Å².